The third kappa shape index (κ3) is 1.57. The number of nitrogen functional groups attached to an aromatic ring is 1. The second-order valence-corrected chi connectivity index (χ2v) is 3.61. The van der Waals surface area contributed by atoms with Gasteiger partial charge >= 0.3 is 0 Å². The number of hydrogen-bond acceptors (Lipinski definition) is 3. The lowest BCUT2D eigenvalue weighted by atomic mass is 10.2. The van der Waals surface area contributed by atoms with Crippen molar-refractivity contribution >= 4 is 17.0 Å². The number of aromatic nitrogens is 2. The molecule has 2 aromatic rings. The molecule has 4 nitrogen and oxygen atoms in total. The Labute approximate surface area is 88.9 Å². The molecule has 4 heteroatoms. The highest BCUT2D eigenvalue weighted by Gasteiger charge is 2.09. The molecule has 0 radical (unpaired) electrons. The van der Waals surface area contributed by atoms with Gasteiger partial charge in [-0.05, 0) is 18.1 Å². The lowest BCUT2D eigenvalue weighted by Gasteiger charge is -2.03. The Kier molecular flexibility index (Phi) is 2.60. The number of benzene rings is 1. The third-order valence-corrected chi connectivity index (χ3v) is 2.56. The molecule has 4 N–H and O–H groups in total. The summed E-state index contributed by atoms with van der Waals surface area (Å²) in [7, 11) is 0. The van der Waals surface area contributed by atoms with E-state index in [1.807, 2.05) is 22.8 Å². The van der Waals surface area contributed by atoms with Crippen molar-refractivity contribution in [2.24, 2.45) is 5.73 Å². The topological polar surface area (TPSA) is 69.9 Å². The van der Waals surface area contributed by atoms with Crippen molar-refractivity contribution < 1.29 is 0 Å². The minimum atomic E-state index is 0.500. The molecule has 1 aromatic carbocycles. The minimum Gasteiger partial charge on any atom is -0.369 e. The molecule has 0 aliphatic carbocycles. The largest absolute Gasteiger partial charge is 0.369 e. The summed E-state index contributed by atoms with van der Waals surface area (Å²) in [6.45, 7) is 3.52. The van der Waals surface area contributed by atoms with Crippen molar-refractivity contribution in [1.82, 2.24) is 9.55 Å². The quantitative estimate of drug-likeness (QED) is 0.795. The summed E-state index contributed by atoms with van der Waals surface area (Å²) >= 11 is 0. The summed E-state index contributed by atoms with van der Waals surface area (Å²) in [4.78, 5) is 4.36. The van der Waals surface area contributed by atoms with Crippen molar-refractivity contribution in [2.45, 2.75) is 26.4 Å². The van der Waals surface area contributed by atoms with Crippen LogP contribution in [-0.2, 0) is 13.1 Å². The molecule has 0 aliphatic heterocycles. The van der Waals surface area contributed by atoms with Crippen LogP contribution in [0.25, 0.3) is 11.0 Å². The Bertz CT molecular complexity index is 473. The molecule has 1 aromatic heterocycles. The number of fused-ring (bicyclic) bond motifs is 1. The monoisotopic (exact) mass is 204 g/mol. The fourth-order valence-corrected chi connectivity index (χ4v) is 1.85. The average molecular weight is 204 g/mol. The van der Waals surface area contributed by atoms with Gasteiger partial charge in [-0.1, -0.05) is 19.1 Å². The molecule has 0 saturated heterocycles. The van der Waals surface area contributed by atoms with E-state index in [0.29, 0.717) is 12.5 Å². The van der Waals surface area contributed by atoms with Crippen LogP contribution in [0.2, 0.25) is 0 Å². The van der Waals surface area contributed by atoms with Gasteiger partial charge in [0.25, 0.3) is 0 Å². The Morgan fingerprint density at radius 1 is 1.40 bits per heavy atom. The number of nitrogens with zero attached hydrogens (tertiary/aromatic N) is 2. The van der Waals surface area contributed by atoms with Gasteiger partial charge in [-0.3, -0.25) is 0 Å². The first-order chi connectivity index (χ1) is 7.27. The Morgan fingerprint density at radius 3 is 2.87 bits per heavy atom. The highest BCUT2D eigenvalue weighted by molar-refractivity contribution is 5.81. The van der Waals surface area contributed by atoms with E-state index in [1.54, 1.807) is 0 Å². The molecular formula is C11H16N4. The zero-order chi connectivity index (χ0) is 10.8. The molecular weight excluding hydrogens is 188 g/mol. The number of hydrogen-bond donors (Lipinski definition) is 2. The van der Waals surface area contributed by atoms with Crippen molar-refractivity contribution in [3.05, 3.63) is 23.8 Å². The Morgan fingerprint density at radius 2 is 2.20 bits per heavy atom. The summed E-state index contributed by atoms with van der Waals surface area (Å²) in [5.74, 6) is 0.577. The number of aryl methyl sites for hydroxylation is 1. The van der Waals surface area contributed by atoms with Gasteiger partial charge in [0.1, 0.15) is 0 Å². The van der Waals surface area contributed by atoms with Crippen LogP contribution < -0.4 is 11.5 Å². The first-order valence-electron chi connectivity index (χ1n) is 5.21. The van der Waals surface area contributed by atoms with E-state index in [9.17, 15) is 0 Å². The van der Waals surface area contributed by atoms with Crippen LogP contribution >= 0.6 is 0 Å². The van der Waals surface area contributed by atoms with E-state index >= 15 is 0 Å². The van der Waals surface area contributed by atoms with Crippen LogP contribution in [0, 0.1) is 0 Å². The van der Waals surface area contributed by atoms with E-state index in [2.05, 4.69) is 11.9 Å². The fraction of sp³-hybridized carbons (Fsp3) is 0.364. The van der Waals surface area contributed by atoms with Crippen LogP contribution in [-0.4, -0.2) is 9.55 Å². The predicted octanol–water partition coefficient (Wildman–Crippen LogP) is 1.49. The van der Waals surface area contributed by atoms with Crippen LogP contribution in [0.3, 0.4) is 0 Å². The molecule has 15 heavy (non-hydrogen) atoms. The van der Waals surface area contributed by atoms with Crippen LogP contribution in [0.5, 0.6) is 0 Å². The molecule has 0 aliphatic rings. The maximum Gasteiger partial charge on any atom is 0.201 e. The highest BCUT2D eigenvalue weighted by Crippen LogP contribution is 2.21. The zero-order valence-corrected chi connectivity index (χ0v) is 8.90. The first kappa shape index (κ1) is 9.98. The van der Waals surface area contributed by atoms with Crippen molar-refractivity contribution in [3.8, 4) is 0 Å². The molecule has 1 heterocycles. The molecule has 0 fully saturated rings. The molecule has 80 valence electrons. The Balaban J connectivity index is 2.67. The number of imidazole rings is 1. The molecule has 0 unspecified atom stereocenters. The summed E-state index contributed by atoms with van der Waals surface area (Å²) < 4.78 is 2.04. The van der Waals surface area contributed by atoms with Gasteiger partial charge in [0.2, 0.25) is 5.95 Å². The van der Waals surface area contributed by atoms with E-state index in [4.69, 9.17) is 11.5 Å². The van der Waals surface area contributed by atoms with E-state index < -0.39 is 0 Å². The van der Waals surface area contributed by atoms with Gasteiger partial charge in [-0.15, -0.1) is 0 Å². The van der Waals surface area contributed by atoms with E-state index in [-0.39, 0.29) is 0 Å². The summed E-state index contributed by atoms with van der Waals surface area (Å²) in [6.07, 6.45) is 1.04. The molecule has 0 atom stereocenters. The second kappa shape index (κ2) is 3.90. The fourth-order valence-electron chi connectivity index (χ4n) is 1.85. The smallest absolute Gasteiger partial charge is 0.201 e. The highest BCUT2D eigenvalue weighted by atomic mass is 15.1. The standard InChI is InChI=1S/C11H16N4/c1-2-6-15-9-5-3-4-8(7-12)10(9)14-11(15)13/h3-5H,2,6-7,12H2,1H3,(H2,13,14). The summed E-state index contributed by atoms with van der Waals surface area (Å²) in [5, 5.41) is 0. The maximum absolute atomic E-state index is 5.87. The number of para-hydroxylation sites is 1. The van der Waals surface area contributed by atoms with Crippen LogP contribution in [0.15, 0.2) is 18.2 Å². The molecule has 0 bridgehead atoms. The van der Waals surface area contributed by atoms with Crippen molar-refractivity contribution in [1.29, 1.82) is 0 Å². The molecule has 0 spiro atoms. The number of rotatable bonds is 3. The predicted molar refractivity (Wildman–Crippen MR) is 62.3 cm³/mol. The van der Waals surface area contributed by atoms with Gasteiger partial charge in [0.05, 0.1) is 11.0 Å². The Hall–Kier alpha value is -1.55. The van der Waals surface area contributed by atoms with Gasteiger partial charge in [0, 0.05) is 13.1 Å². The number of anilines is 1. The summed E-state index contributed by atoms with van der Waals surface area (Å²) in [6, 6.07) is 6.02. The lowest BCUT2D eigenvalue weighted by molar-refractivity contribution is 0.707. The lowest BCUT2D eigenvalue weighted by Crippen LogP contribution is -2.02. The summed E-state index contributed by atoms with van der Waals surface area (Å²) in [5.41, 5.74) is 14.6. The maximum atomic E-state index is 5.87. The van der Waals surface area contributed by atoms with Gasteiger partial charge < -0.3 is 16.0 Å². The normalized spacial score (nSPS) is 11.1. The molecule has 2 rings (SSSR count). The first-order valence-corrected chi connectivity index (χ1v) is 5.21. The van der Waals surface area contributed by atoms with E-state index in [1.165, 1.54) is 0 Å². The van der Waals surface area contributed by atoms with Gasteiger partial charge in [-0.25, -0.2) is 4.98 Å². The SMILES string of the molecule is CCCn1c(N)nc2c(CN)cccc21. The zero-order valence-electron chi connectivity index (χ0n) is 8.90. The van der Waals surface area contributed by atoms with E-state index in [0.717, 1.165) is 29.6 Å². The molecule has 0 saturated carbocycles. The van der Waals surface area contributed by atoms with Crippen LogP contribution in [0.1, 0.15) is 18.9 Å². The van der Waals surface area contributed by atoms with Crippen molar-refractivity contribution in [2.75, 3.05) is 5.73 Å². The van der Waals surface area contributed by atoms with Gasteiger partial charge in [0.15, 0.2) is 0 Å². The third-order valence-electron chi connectivity index (χ3n) is 2.56. The van der Waals surface area contributed by atoms with Crippen molar-refractivity contribution in [3.63, 3.8) is 0 Å². The van der Waals surface area contributed by atoms with Crippen LogP contribution in [0.4, 0.5) is 5.95 Å². The molecule has 0 amide bonds. The average Bonchev–Trinajstić information content (AvgIpc) is 2.56. The second-order valence-electron chi connectivity index (χ2n) is 3.61. The van der Waals surface area contributed by atoms with Gasteiger partial charge in [-0.2, -0.15) is 0 Å². The number of nitrogens with two attached hydrogens (primary N) is 2. The minimum absolute atomic E-state index is 0.500.